The standard InChI is InChI=1S/C8H13FN2O/c1-6(12)10-4-8-3-2-7(10)5-11(8)9/h7-8H,2-5H2,1H3. The predicted molar refractivity (Wildman–Crippen MR) is 42.0 cm³/mol. The molecule has 2 bridgehead atoms. The van der Waals surface area contributed by atoms with Crippen molar-refractivity contribution in [2.24, 2.45) is 0 Å². The normalized spacial score (nSPS) is 35.7. The van der Waals surface area contributed by atoms with Crippen molar-refractivity contribution in [2.75, 3.05) is 13.1 Å². The number of carbonyl (C=O) groups excluding carboxylic acids is 1. The van der Waals surface area contributed by atoms with E-state index < -0.39 is 0 Å². The van der Waals surface area contributed by atoms with Crippen LogP contribution in [0.4, 0.5) is 4.48 Å². The van der Waals surface area contributed by atoms with Crippen molar-refractivity contribution in [1.82, 2.24) is 10.0 Å². The molecular weight excluding hydrogens is 159 g/mol. The highest BCUT2D eigenvalue weighted by atomic mass is 19.2. The zero-order chi connectivity index (χ0) is 8.72. The summed E-state index contributed by atoms with van der Waals surface area (Å²) in [7, 11) is 0. The Morgan fingerprint density at radius 3 is 2.42 bits per heavy atom. The molecule has 2 unspecified atom stereocenters. The molecule has 0 radical (unpaired) electrons. The third kappa shape index (κ3) is 1.10. The van der Waals surface area contributed by atoms with Gasteiger partial charge in [-0.15, -0.1) is 9.60 Å². The largest absolute Gasteiger partial charge is 0.337 e. The summed E-state index contributed by atoms with van der Waals surface area (Å²) in [5, 5.41) is 0.883. The lowest BCUT2D eigenvalue weighted by molar-refractivity contribution is -0.155. The van der Waals surface area contributed by atoms with Crippen LogP contribution >= 0.6 is 0 Å². The lowest BCUT2D eigenvalue weighted by atomic mass is 9.93. The maximum absolute atomic E-state index is 13.0. The van der Waals surface area contributed by atoms with E-state index in [1.54, 1.807) is 11.8 Å². The SMILES string of the molecule is CC(=O)N1CC2CCC1CN2F. The maximum atomic E-state index is 13.0. The minimum Gasteiger partial charge on any atom is -0.337 e. The summed E-state index contributed by atoms with van der Waals surface area (Å²) in [6.45, 7) is 2.55. The molecule has 1 amide bonds. The lowest BCUT2D eigenvalue weighted by Crippen LogP contribution is -2.61. The van der Waals surface area contributed by atoms with Gasteiger partial charge in [0.15, 0.2) is 0 Å². The van der Waals surface area contributed by atoms with Crippen LogP contribution in [-0.4, -0.2) is 41.1 Å². The summed E-state index contributed by atoms with van der Waals surface area (Å²) < 4.78 is 13.0. The Labute approximate surface area is 71.1 Å². The van der Waals surface area contributed by atoms with Crippen molar-refractivity contribution in [1.29, 1.82) is 0 Å². The fraction of sp³-hybridized carbons (Fsp3) is 0.875. The van der Waals surface area contributed by atoms with Crippen molar-refractivity contribution in [3.63, 3.8) is 0 Å². The number of carbonyl (C=O) groups is 1. The van der Waals surface area contributed by atoms with Crippen LogP contribution in [-0.2, 0) is 4.79 Å². The molecule has 3 aliphatic heterocycles. The van der Waals surface area contributed by atoms with Gasteiger partial charge in [-0.3, -0.25) is 4.79 Å². The van der Waals surface area contributed by atoms with Gasteiger partial charge >= 0.3 is 0 Å². The van der Waals surface area contributed by atoms with Gasteiger partial charge in [-0.2, -0.15) is 0 Å². The molecule has 0 aromatic heterocycles. The second kappa shape index (κ2) is 2.69. The number of piperazine rings is 1. The summed E-state index contributed by atoms with van der Waals surface area (Å²) in [6, 6.07) is 0.0800. The number of nitrogens with zero attached hydrogens (tertiary/aromatic N) is 2. The number of piperidine rings is 2. The van der Waals surface area contributed by atoms with Crippen molar-refractivity contribution in [2.45, 2.75) is 31.8 Å². The van der Waals surface area contributed by atoms with Gasteiger partial charge in [0.05, 0.1) is 6.04 Å². The van der Waals surface area contributed by atoms with E-state index in [1.165, 1.54) is 0 Å². The Balaban J connectivity index is 2.10. The molecule has 68 valence electrons. The monoisotopic (exact) mass is 172 g/mol. The van der Waals surface area contributed by atoms with Gasteiger partial charge in [0.1, 0.15) is 0 Å². The summed E-state index contributed by atoms with van der Waals surface area (Å²) in [6.07, 6.45) is 1.86. The minimum absolute atomic E-state index is 0.0427. The average Bonchev–Trinajstić information content (AvgIpc) is 2.04. The molecule has 3 nitrogen and oxygen atoms in total. The molecule has 0 aliphatic carbocycles. The first-order valence-electron chi connectivity index (χ1n) is 4.38. The van der Waals surface area contributed by atoms with E-state index in [-0.39, 0.29) is 18.0 Å². The molecule has 3 heterocycles. The zero-order valence-corrected chi connectivity index (χ0v) is 7.16. The van der Waals surface area contributed by atoms with E-state index in [0.717, 1.165) is 18.0 Å². The van der Waals surface area contributed by atoms with Gasteiger partial charge in [-0.05, 0) is 12.8 Å². The van der Waals surface area contributed by atoms with E-state index in [4.69, 9.17) is 0 Å². The fourth-order valence-corrected chi connectivity index (χ4v) is 2.16. The number of halogens is 1. The van der Waals surface area contributed by atoms with Crippen LogP contribution in [0.25, 0.3) is 0 Å². The van der Waals surface area contributed by atoms with Gasteiger partial charge in [-0.25, -0.2) is 0 Å². The quantitative estimate of drug-likeness (QED) is 0.499. The first-order chi connectivity index (χ1) is 5.68. The smallest absolute Gasteiger partial charge is 0.219 e. The van der Waals surface area contributed by atoms with Crippen LogP contribution in [0.2, 0.25) is 0 Å². The van der Waals surface area contributed by atoms with E-state index in [2.05, 4.69) is 0 Å². The molecule has 3 saturated heterocycles. The molecule has 0 aromatic rings. The van der Waals surface area contributed by atoms with Gasteiger partial charge in [0.25, 0.3) is 0 Å². The van der Waals surface area contributed by atoms with Crippen molar-refractivity contribution < 1.29 is 9.28 Å². The minimum atomic E-state index is -0.0427. The number of rotatable bonds is 0. The summed E-state index contributed by atoms with van der Waals surface area (Å²) in [4.78, 5) is 12.9. The van der Waals surface area contributed by atoms with Crippen LogP contribution in [0.1, 0.15) is 19.8 Å². The first-order valence-corrected chi connectivity index (χ1v) is 4.38. The number of hydrogen-bond donors (Lipinski definition) is 0. The third-order valence-electron chi connectivity index (χ3n) is 2.87. The zero-order valence-electron chi connectivity index (χ0n) is 7.16. The molecule has 0 saturated carbocycles. The molecule has 12 heavy (non-hydrogen) atoms. The molecular formula is C8H13FN2O. The van der Waals surface area contributed by atoms with Crippen LogP contribution in [0, 0.1) is 0 Å². The van der Waals surface area contributed by atoms with Gasteiger partial charge in [-0.1, -0.05) is 0 Å². The summed E-state index contributed by atoms with van der Waals surface area (Å²) >= 11 is 0. The van der Waals surface area contributed by atoms with E-state index >= 15 is 0 Å². The highest BCUT2D eigenvalue weighted by Crippen LogP contribution is 2.28. The predicted octanol–water partition coefficient (Wildman–Crippen LogP) is 0.566. The Bertz CT molecular complexity index is 209. The van der Waals surface area contributed by atoms with E-state index in [1.807, 2.05) is 0 Å². The Hall–Kier alpha value is -0.640. The van der Waals surface area contributed by atoms with Gasteiger partial charge in [0.2, 0.25) is 5.91 Å². The van der Waals surface area contributed by atoms with Crippen molar-refractivity contribution in [3.8, 4) is 0 Å². The van der Waals surface area contributed by atoms with Gasteiger partial charge < -0.3 is 4.90 Å². The highest BCUT2D eigenvalue weighted by molar-refractivity contribution is 5.74. The first kappa shape index (κ1) is 7.98. The number of amides is 1. The third-order valence-corrected chi connectivity index (χ3v) is 2.87. The Morgan fingerprint density at radius 1 is 1.33 bits per heavy atom. The average molecular weight is 172 g/mol. The van der Waals surface area contributed by atoms with E-state index in [0.29, 0.717) is 13.1 Å². The molecule has 0 spiro atoms. The molecule has 3 fully saturated rings. The summed E-state index contributed by atoms with van der Waals surface area (Å²) in [5.41, 5.74) is 0. The molecule has 0 aromatic carbocycles. The maximum Gasteiger partial charge on any atom is 0.219 e. The van der Waals surface area contributed by atoms with Crippen LogP contribution in [0.15, 0.2) is 0 Å². The number of hydrogen-bond acceptors (Lipinski definition) is 2. The van der Waals surface area contributed by atoms with Gasteiger partial charge in [0, 0.05) is 26.1 Å². The summed E-state index contributed by atoms with van der Waals surface area (Å²) in [5.74, 6) is 0.0813. The lowest BCUT2D eigenvalue weighted by Gasteiger charge is -2.47. The molecule has 0 N–H and O–H groups in total. The highest BCUT2D eigenvalue weighted by Gasteiger charge is 2.40. The van der Waals surface area contributed by atoms with Crippen LogP contribution in [0.3, 0.4) is 0 Å². The fourth-order valence-electron chi connectivity index (χ4n) is 2.16. The second-order valence-electron chi connectivity index (χ2n) is 3.64. The second-order valence-corrected chi connectivity index (χ2v) is 3.64. The molecule has 2 atom stereocenters. The molecule has 4 heteroatoms. The Kier molecular flexibility index (Phi) is 1.79. The van der Waals surface area contributed by atoms with Crippen molar-refractivity contribution in [3.05, 3.63) is 0 Å². The van der Waals surface area contributed by atoms with E-state index in [9.17, 15) is 9.28 Å². The van der Waals surface area contributed by atoms with Crippen LogP contribution < -0.4 is 0 Å². The number of fused-ring (bicyclic) bond motifs is 3. The topological polar surface area (TPSA) is 23.6 Å². The van der Waals surface area contributed by atoms with Crippen LogP contribution in [0.5, 0.6) is 0 Å². The Morgan fingerprint density at radius 2 is 2.00 bits per heavy atom. The molecule has 3 aliphatic rings. The van der Waals surface area contributed by atoms with Crippen molar-refractivity contribution >= 4 is 5.91 Å². The molecule has 3 rings (SSSR count).